The molecule has 0 bridgehead atoms. The summed E-state index contributed by atoms with van der Waals surface area (Å²) in [6.45, 7) is 1.62. The SMILES string of the molecule is CC(Sc1ccc(NC(=O)c2cccc(Cl)c2)cc1)C(=O)Nc1cc(C(F)(F)F)ccc1Cl. The Morgan fingerprint density at radius 2 is 1.64 bits per heavy atom. The molecule has 0 spiro atoms. The zero-order valence-electron chi connectivity index (χ0n) is 17.0. The molecule has 0 radical (unpaired) electrons. The van der Waals surface area contributed by atoms with Crippen molar-refractivity contribution < 1.29 is 22.8 Å². The molecule has 0 aromatic heterocycles. The molecule has 2 N–H and O–H groups in total. The number of nitrogens with one attached hydrogen (secondary N) is 2. The number of thioether (sulfide) groups is 1. The number of benzene rings is 3. The summed E-state index contributed by atoms with van der Waals surface area (Å²) in [7, 11) is 0. The molecule has 3 aromatic carbocycles. The van der Waals surface area contributed by atoms with Crippen LogP contribution in [-0.4, -0.2) is 17.1 Å². The van der Waals surface area contributed by atoms with Crippen molar-refractivity contribution in [1.29, 1.82) is 0 Å². The molecule has 0 aliphatic rings. The maximum Gasteiger partial charge on any atom is 0.416 e. The summed E-state index contributed by atoms with van der Waals surface area (Å²) in [4.78, 5) is 25.5. The third-order valence-electron chi connectivity index (χ3n) is 4.43. The highest BCUT2D eigenvalue weighted by molar-refractivity contribution is 8.00. The lowest BCUT2D eigenvalue weighted by Gasteiger charge is -2.15. The van der Waals surface area contributed by atoms with Crippen LogP contribution >= 0.6 is 35.0 Å². The van der Waals surface area contributed by atoms with Crippen LogP contribution in [-0.2, 0) is 11.0 Å². The first-order valence-corrected chi connectivity index (χ1v) is 11.2. The number of alkyl halides is 3. The second-order valence-corrected chi connectivity index (χ2v) is 9.19. The van der Waals surface area contributed by atoms with Gasteiger partial charge in [-0.25, -0.2) is 0 Å². The minimum Gasteiger partial charge on any atom is -0.324 e. The number of rotatable bonds is 6. The van der Waals surface area contributed by atoms with Crippen molar-refractivity contribution in [2.24, 2.45) is 0 Å². The lowest BCUT2D eigenvalue weighted by molar-refractivity contribution is -0.137. The summed E-state index contributed by atoms with van der Waals surface area (Å²) in [6.07, 6.45) is -4.55. The summed E-state index contributed by atoms with van der Waals surface area (Å²) in [5.41, 5.74) is -0.0439. The Morgan fingerprint density at radius 1 is 0.939 bits per heavy atom. The van der Waals surface area contributed by atoms with E-state index in [9.17, 15) is 22.8 Å². The van der Waals surface area contributed by atoms with E-state index >= 15 is 0 Å². The Balaban J connectivity index is 1.61. The van der Waals surface area contributed by atoms with Gasteiger partial charge >= 0.3 is 6.18 Å². The molecular formula is C23H17Cl2F3N2O2S. The first kappa shape index (κ1) is 25.0. The Labute approximate surface area is 202 Å². The molecule has 2 amide bonds. The van der Waals surface area contributed by atoms with Crippen molar-refractivity contribution in [3.63, 3.8) is 0 Å². The van der Waals surface area contributed by atoms with E-state index in [0.717, 1.165) is 23.1 Å². The molecule has 10 heteroatoms. The van der Waals surface area contributed by atoms with E-state index in [-0.39, 0.29) is 16.6 Å². The standard InChI is InChI=1S/C23H17Cl2F3N2O2S/c1-13(21(31)30-20-12-15(23(26,27)28)5-10-19(20)25)33-18-8-6-17(7-9-18)29-22(32)14-3-2-4-16(24)11-14/h2-13H,1H3,(H,29,32)(H,30,31). The monoisotopic (exact) mass is 512 g/mol. The summed E-state index contributed by atoms with van der Waals surface area (Å²) in [5, 5.41) is 5.03. The maximum atomic E-state index is 12.9. The third kappa shape index (κ3) is 6.90. The van der Waals surface area contributed by atoms with Crippen LogP contribution in [0.2, 0.25) is 10.0 Å². The van der Waals surface area contributed by atoms with Gasteiger partial charge in [-0.05, 0) is 67.6 Å². The van der Waals surface area contributed by atoms with Gasteiger partial charge in [0.25, 0.3) is 5.91 Å². The van der Waals surface area contributed by atoms with Crippen molar-refractivity contribution in [1.82, 2.24) is 0 Å². The topological polar surface area (TPSA) is 58.2 Å². The van der Waals surface area contributed by atoms with Gasteiger partial charge in [0.15, 0.2) is 0 Å². The number of carbonyl (C=O) groups excluding carboxylic acids is 2. The van der Waals surface area contributed by atoms with Gasteiger partial charge < -0.3 is 10.6 Å². The number of hydrogen-bond donors (Lipinski definition) is 2. The highest BCUT2D eigenvalue weighted by Gasteiger charge is 2.31. The van der Waals surface area contributed by atoms with E-state index in [4.69, 9.17) is 23.2 Å². The first-order chi connectivity index (χ1) is 15.5. The molecule has 33 heavy (non-hydrogen) atoms. The second-order valence-electron chi connectivity index (χ2n) is 6.93. The summed E-state index contributed by atoms with van der Waals surface area (Å²) < 4.78 is 38.8. The predicted octanol–water partition coefficient (Wildman–Crippen LogP) is 7.38. The van der Waals surface area contributed by atoms with Crippen molar-refractivity contribution >= 4 is 58.2 Å². The maximum absolute atomic E-state index is 12.9. The quantitative estimate of drug-likeness (QED) is 0.338. The molecule has 0 aliphatic carbocycles. The Morgan fingerprint density at radius 3 is 2.27 bits per heavy atom. The average Bonchev–Trinajstić information content (AvgIpc) is 2.75. The lowest BCUT2D eigenvalue weighted by atomic mass is 10.2. The minimum atomic E-state index is -4.55. The van der Waals surface area contributed by atoms with Crippen molar-refractivity contribution in [3.05, 3.63) is 87.9 Å². The van der Waals surface area contributed by atoms with Gasteiger partial charge in [0, 0.05) is 21.2 Å². The van der Waals surface area contributed by atoms with E-state index in [1.165, 1.54) is 11.8 Å². The summed E-state index contributed by atoms with van der Waals surface area (Å²) in [6, 6.07) is 16.1. The average molecular weight is 513 g/mol. The first-order valence-electron chi connectivity index (χ1n) is 9.54. The number of halogens is 5. The number of anilines is 2. The highest BCUT2D eigenvalue weighted by atomic mass is 35.5. The van der Waals surface area contributed by atoms with Crippen LogP contribution in [0.1, 0.15) is 22.8 Å². The molecule has 0 saturated heterocycles. The second kappa shape index (κ2) is 10.5. The fraction of sp³-hybridized carbons (Fsp3) is 0.130. The third-order valence-corrected chi connectivity index (χ3v) is 6.11. The van der Waals surface area contributed by atoms with Crippen LogP contribution in [0.15, 0.2) is 71.6 Å². The Kier molecular flexibility index (Phi) is 7.94. The highest BCUT2D eigenvalue weighted by Crippen LogP contribution is 2.34. The largest absolute Gasteiger partial charge is 0.416 e. The zero-order chi connectivity index (χ0) is 24.2. The molecular weight excluding hydrogens is 496 g/mol. The van der Waals surface area contributed by atoms with Crippen LogP contribution in [0.5, 0.6) is 0 Å². The lowest BCUT2D eigenvalue weighted by Crippen LogP contribution is -2.22. The predicted molar refractivity (Wildman–Crippen MR) is 126 cm³/mol. The fourth-order valence-corrected chi connectivity index (χ4v) is 3.96. The smallest absolute Gasteiger partial charge is 0.324 e. The van der Waals surface area contributed by atoms with Crippen LogP contribution in [0.3, 0.4) is 0 Å². The summed E-state index contributed by atoms with van der Waals surface area (Å²) >= 11 is 13.0. The van der Waals surface area contributed by atoms with Crippen LogP contribution in [0, 0.1) is 0 Å². The van der Waals surface area contributed by atoms with Gasteiger partial charge in [-0.2, -0.15) is 13.2 Å². The van der Waals surface area contributed by atoms with Gasteiger partial charge in [-0.15, -0.1) is 11.8 Å². The van der Waals surface area contributed by atoms with Gasteiger partial charge in [-0.3, -0.25) is 9.59 Å². The molecule has 0 aliphatic heterocycles. The van der Waals surface area contributed by atoms with Gasteiger partial charge in [-0.1, -0.05) is 29.3 Å². The number of hydrogen-bond acceptors (Lipinski definition) is 3. The van der Waals surface area contributed by atoms with E-state index in [1.807, 2.05) is 0 Å². The van der Waals surface area contributed by atoms with Crippen LogP contribution < -0.4 is 10.6 Å². The molecule has 1 unspecified atom stereocenters. The molecule has 0 fully saturated rings. The molecule has 1 atom stereocenters. The van der Waals surface area contributed by atoms with Crippen molar-refractivity contribution in [3.8, 4) is 0 Å². The molecule has 0 heterocycles. The number of amides is 2. The van der Waals surface area contributed by atoms with Gasteiger partial charge in [0.2, 0.25) is 5.91 Å². The molecule has 172 valence electrons. The molecule has 0 saturated carbocycles. The minimum absolute atomic E-state index is 0.00773. The van der Waals surface area contributed by atoms with E-state index < -0.39 is 22.9 Å². The van der Waals surface area contributed by atoms with Gasteiger partial charge in [0.1, 0.15) is 0 Å². The van der Waals surface area contributed by atoms with Crippen LogP contribution in [0.25, 0.3) is 0 Å². The Hall–Kier alpha value is -2.68. The van der Waals surface area contributed by atoms with E-state index in [0.29, 0.717) is 16.3 Å². The van der Waals surface area contributed by atoms with E-state index in [2.05, 4.69) is 10.6 Å². The van der Waals surface area contributed by atoms with Gasteiger partial charge in [0.05, 0.1) is 21.5 Å². The molecule has 3 aromatic rings. The normalized spacial score (nSPS) is 12.2. The van der Waals surface area contributed by atoms with E-state index in [1.54, 1.807) is 55.5 Å². The zero-order valence-corrected chi connectivity index (χ0v) is 19.4. The summed E-state index contributed by atoms with van der Waals surface area (Å²) in [5.74, 6) is -0.817. The van der Waals surface area contributed by atoms with Crippen molar-refractivity contribution in [2.45, 2.75) is 23.2 Å². The Bertz CT molecular complexity index is 1170. The number of carbonyl (C=O) groups is 2. The molecule has 4 nitrogen and oxygen atoms in total. The van der Waals surface area contributed by atoms with Crippen LogP contribution in [0.4, 0.5) is 24.5 Å². The fourth-order valence-electron chi connectivity index (χ4n) is 2.74. The molecule has 3 rings (SSSR count). The van der Waals surface area contributed by atoms with Crippen molar-refractivity contribution in [2.75, 3.05) is 10.6 Å².